The molecule has 112 valence electrons. The van der Waals surface area contributed by atoms with Crippen molar-refractivity contribution >= 4 is 32.4 Å². The third-order valence-electron chi connectivity index (χ3n) is 2.78. The lowest BCUT2D eigenvalue weighted by Crippen LogP contribution is -2.06. The van der Waals surface area contributed by atoms with Gasteiger partial charge in [-0.05, 0) is 51.8 Å². The summed E-state index contributed by atoms with van der Waals surface area (Å²) in [6.45, 7) is 0. The van der Waals surface area contributed by atoms with Gasteiger partial charge in [0.2, 0.25) is 0 Å². The van der Waals surface area contributed by atoms with Crippen LogP contribution in [-0.2, 0) is 22.7 Å². The topological polar surface area (TPSA) is 43.1 Å². The van der Waals surface area contributed by atoms with Crippen LogP contribution in [-0.4, -0.2) is 4.21 Å². The molecule has 2 nitrogen and oxygen atoms in total. The Balaban J connectivity index is 2.22. The van der Waals surface area contributed by atoms with Crippen LogP contribution >= 0.6 is 15.9 Å². The summed E-state index contributed by atoms with van der Waals surface area (Å²) < 4.78 is 50.8. The molecule has 0 aromatic heterocycles. The lowest BCUT2D eigenvalue weighted by atomic mass is 10.2. The maximum atomic E-state index is 12.6. The second kappa shape index (κ2) is 6.19. The molecule has 2 aromatic carbocycles. The molecule has 2 aromatic rings. The van der Waals surface area contributed by atoms with Crippen molar-refractivity contribution in [1.29, 1.82) is 0 Å². The highest BCUT2D eigenvalue weighted by Gasteiger charge is 2.30. The zero-order chi connectivity index (χ0) is 15.6. The van der Waals surface area contributed by atoms with Gasteiger partial charge >= 0.3 is 6.18 Å². The first-order chi connectivity index (χ1) is 9.77. The van der Waals surface area contributed by atoms with Gasteiger partial charge in [0.15, 0.2) is 0 Å². The van der Waals surface area contributed by atoms with Crippen LogP contribution in [0.1, 0.15) is 11.1 Å². The molecule has 0 saturated heterocycles. The Bertz CT molecular complexity index is 688. The molecule has 2 N–H and O–H groups in total. The molecule has 1 atom stereocenters. The first-order valence-corrected chi connectivity index (χ1v) is 7.98. The molecule has 7 heteroatoms. The number of benzene rings is 2. The van der Waals surface area contributed by atoms with E-state index >= 15 is 0 Å². The number of alkyl halides is 3. The molecule has 0 aliphatic heterocycles. The zero-order valence-electron chi connectivity index (χ0n) is 10.7. The van der Waals surface area contributed by atoms with Gasteiger partial charge in [-0.15, -0.1) is 0 Å². The lowest BCUT2D eigenvalue weighted by molar-refractivity contribution is -0.137. The van der Waals surface area contributed by atoms with Crippen molar-refractivity contribution in [2.75, 3.05) is 5.73 Å². The molecule has 0 heterocycles. The standard InChI is InChI=1S/C14H11BrF3NOS/c15-12-5-4-9(6-13(12)19)8-21(20)11-3-1-2-10(7-11)14(16,17)18/h1-7H,8,19H2. The number of rotatable bonds is 3. The quantitative estimate of drug-likeness (QED) is 0.807. The van der Waals surface area contributed by atoms with Gasteiger partial charge in [0.1, 0.15) is 0 Å². The van der Waals surface area contributed by atoms with Gasteiger partial charge in [0, 0.05) is 15.1 Å². The summed E-state index contributed by atoms with van der Waals surface area (Å²) in [5, 5.41) is 0. The number of nitrogens with two attached hydrogens (primary N) is 1. The largest absolute Gasteiger partial charge is 0.416 e. The second-order valence-corrected chi connectivity index (χ2v) is 6.68. The Morgan fingerprint density at radius 2 is 1.86 bits per heavy atom. The van der Waals surface area contributed by atoms with Gasteiger partial charge in [-0.1, -0.05) is 12.1 Å². The summed E-state index contributed by atoms with van der Waals surface area (Å²) in [6, 6.07) is 9.64. The normalized spacial score (nSPS) is 13.1. The zero-order valence-corrected chi connectivity index (χ0v) is 13.1. The van der Waals surface area contributed by atoms with Gasteiger partial charge in [-0.2, -0.15) is 13.2 Å². The average Bonchev–Trinajstić information content (AvgIpc) is 2.42. The van der Waals surface area contributed by atoms with Crippen LogP contribution in [0, 0.1) is 0 Å². The van der Waals surface area contributed by atoms with Crippen molar-refractivity contribution in [3.63, 3.8) is 0 Å². The molecule has 0 aliphatic carbocycles. The van der Waals surface area contributed by atoms with Crippen LogP contribution in [0.2, 0.25) is 0 Å². The van der Waals surface area contributed by atoms with Gasteiger partial charge in [-0.25, -0.2) is 0 Å². The van der Waals surface area contributed by atoms with Crippen molar-refractivity contribution in [3.8, 4) is 0 Å². The Morgan fingerprint density at radius 1 is 1.14 bits per heavy atom. The fourth-order valence-electron chi connectivity index (χ4n) is 1.73. The molecular weight excluding hydrogens is 367 g/mol. The van der Waals surface area contributed by atoms with E-state index in [0.29, 0.717) is 11.3 Å². The molecule has 0 fully saturated rings. The number of halogens is 4. The maximum Gasteiger partial charge on any atom is 0.416 e. The molecule has 0 radical (unpaired) electrons. The molecule has 0 saturated carbocycles. The Labute approximate surface area is 130 Å². The predicted octanol–water partition coefficient (Wildman–Crippen LogP) is 4.36. The minimum atomic E-state index is -4.44. The van der Waals surface area contributed by atoms with Crippen LogP contribution in [0.4, 0.5) is 18.9 Å². The van der Waals surface area contributed by atoms with Crippen LogP contribution in [0.25, 0.3) is 0 Å². The maximum absolute atomic E-state index is 12.6. The van der Waals surface area contributed by atoms with Crippen LogP contribution in [0.5, 0.6) is 0 Å². The SMILES string of the molecule is Nc1cc(CS(=O)c2cccc(C(F)(F)F)c2)ccc1Br. The summed E-state index contributed by atoms with van der Waals surface area (Å²) in [5.41, 5.74) is 6.11. The van der Waals surface area contributed by atoms with Gasteiger partial charge < -0.3 is 5.73 Å². The van der Waals surface area contributed by atoms with E-state index in [4.69, 9.17) is 5.73 Å². The number of anilines is 1. The number of hydrogen-bond acceptors (Lipinski definition) is 2. The molecule has 0 amide bonds. The Morgan fingerprint density at radius 3 is 2.48 bits per heavy atom. The van der Waals surface area contributed by atoms with Crippen molar-refractivity contribution in [3.05, 3.63) is 58.1 Å². The highest BCUT2D eigenvalue weighted by Crippen LogP contribution is 2.30. The first kappa shape index (κ1) is 16.0. The lowest BCUT2D eigenvalue weighted by Gasteiger charge is -2.09. The first-order valence-electron chi connectivity index (χ1n) is 5.87. The van der Waals surface area contributed by atoms with E-state index in [1.54, 1.807) is 18.2 Å². The van der Waals surface area contributed by atoms with Crippen molar-refractivity contribution in [2.24, 2.45) is 0 Å². The van der Waals surface area contributed by atoms with Gasteiger partial charge in [-0.3, -0.25) is 4.21 Å². The Kier molecular flexibility index (Phi) is 4.73. The third-order valence-corrected chi connectivity index (χ3v) is 4.88. The van der Waals surface area contributed by atoms with E-state index in [9.17, 15) is 17.4 Å². The minimum absolute atomic E-state index is 0.110. The van der Waals surface area contributed by atoms with E-state index in [1.807, 2.05) is 0 Å². The second-order valence-electron chi connectivity index (χ2n) is 4.37. The van der Waals surface area contributed by atoms with Crippen LogP contribution < -0.4 is 5.73 Å². The molecule has 0 aliphatic rings. The van der Waals surface area contributed by atoms with E-state index in [0.717, 1.165) is 16.6 Å². The van der Waals surface area contributed by atoms with Crippen molar-refractivity contribution in [2.45, 2.75) is 16.8 Å². The van der Waals surface area contributed by atoms with Gasteiger partial charge in [0.25, 0.3) is 0 Å². The van der Waals surface area contributed by atoms with Gasteiger partial charge in [0.05, 0.1) is 22.1 Å². The molecule has 0 spiro atoms. The highest BCUT2D eigenvalue weighted by atomic mass is 79.9. The highest BCUT2D eigenvalue weighted by molar-refractivity contribution is 9.10. The van der Waals surface area contributed by atoms with Crippen molar-refractivity contribution in [1.82, 2.24) is 0 Å². The fourth-order valence-corrected chi connectivity index (χ4v) is 3.12. The minimum Gasteiger partial charge on any atom is -0.398 e. The number of hydrogen-bond donors (Lipinski definition) is 1. The summed E-state index contributed by atoms with van der Waals surface area (Å²) in [7, 11) is -1.57. The summed E-state index contributed by atoms with van der Waals surface area (Å²) >= 11 is 3.25. The van der Waals surface area contributed by atoms with E-state index < -0.39 is 22.5 Å². The molecule has 21 heavy (non-hydrogen) atoms. The van der Waals surface area contributed by atoms with Crippen molar-refractivity contribution < 1.29 is 17.4 Å². The smallest absolute Gasteiger partial charge is 0.398 e. The molecular formula is C14H11BrF3NOS. The molecule has 0 bridgehead atoms. The van der Waals surface area contributed by atoms with E-state index in [2.05, 4.69) is 15.9 Å². The average molecular weight is 378 g/mol. The van der Waals surface area contributed by atoms with Crippen LogP contribution in [0.3, 0.4) is 0 Å². The predicted molar refractivity (Wildman–Crippen MR) is 80.1 cm³/mol. The number of nitrogen functional groups attached to an aromatic ring is 1. The third kappa shape index (κ3) is 4.07. The van der Waals surface area contributed by atoms with E-state index in [-0.39, 0.29) is 10.6 Å². The van der Waals surface area contributed by atoms with E-state index in [1.165, 1.54) is 12.1 Å². The Hall–Kier alpha value is -1.34. The monoisotopic (exact) mass is 377 g/mol. The fraction of sp³-hybridized carbons (Fsp3) is 0.143. The molecule has 1 unspecified atom stereocenters. The summed E-state index contributed by atoms with van der Waals surface area (Å²) in [6.07, 6.45) is -4.44. The van der Waals surface area contributed by atoms with Crippen LogP contribution in [0.15, 0.2) is 51.8 Å². The summed E-state index contributed by atoms with van der Waals surface area (Å²) in [4.78, 5) is 0.145. The summed E-state index contributed by atoms with van der Waals surface area (Å²) in [5.74, 6) is 0.110. The molecule has 2 rings (SSSR count).